The zero-order valence-electron chi connectivity index (χ0n) is 10.8. The van der Waals surface area contributed by atoms with E-state index in [1.165, 1.54) is 16.4 Å². The van der Waals surface area contributed by atoms with Crippen molar-refractivity contribution in [1.82, 2.24) is 29.7 Å². The van der Waals surface area contributed by atoms with Gasteiger partial charge in [-0.15, -0.1) is 0 Å². The Bertz CT molecular complexity index is 718. The van der Waals surface area contributed by atoms with E-state index >= 15 is 0 Å². The fraction of sp³-hybridized carbons (Fsp3) is 0.182. The summed E-state index contributed by atoms with van der Waals surface area (Å²) < 4.78 is 6.98. The molecular weight excluding hydrogens is 278 g/mol. The Labute approximate surface area is 118 Å². The first-order valence-electron chi connectivity index (χ1n) is 5.75. The highest BCUT2D eigenvalue weighted by molar-refractivity contribution is 7.98. The minimum absolute atomic E-state index is 0.119. The minimum Gasteiger partial charge on any atom is -0.436 e. The molecule has 0 saturated carbocycles. The van der Waals surface area contributed by atoms with Crippen LogP contribution in [0.25, 0.3) is 5.95 Å². The number of nitrogens with zero attached hydrogens (tertiary/aromatic N) is 6. The zero-order chi connectivity index (χ0) is 14.1. The molecule has 20 heavy (non-hydrogen) atoms. The molecule has 0 spiro atoms. The van der Waals surface area contributed by atoms with E-state index in [4.69, 9.17) is 10.2 Å². The molecule has 9 heteroatoms. The summed E-state index contributed by atoms with van der Waals surface area (Å²) in [5.41, 5.74) is 6.52. The van der Waals surface area contributed by atoms with Crippen LogP contribution in [-0.4, -0.2) is 29.7 Å². The molecule has 0 fully saturated rings. The van der Waals surface area contributed by atoms with E-state index in [0.717, 1.165) is 11.5 Å². The van der Waals surface area contributed by atoms with Crippen molar-refractivity contribution in [3.63, 3.8) is 0 Å². The first-order valence-corrected chi connectivity index (χ1v) is 6.57. The number of rotatable bonds is 3. The van der Waals surface area contributed by atoms with Crippen molar-refractivity contribution in [3.05, 3.63) is 29.9 Å². The maximum atomic E-state index is 5.69. The molecule has 0 aliphatic carbocycles. The van der Waals surface area contributed by atoms with Gasteiger partial charge in [0.15, 0.2) is 0 Å². The molecule has 3 aromatic rings. The molecular formula is C11H11N7OS. The highest BCUT2D eigenvalue weighted by Crippen LogP contribution is 2.26. The average Bonchev–Trinajstić information content (AvgIpc) is 3.00. The van der Waals surface area contributed by atoms with E-state index in [0.29, 0.717) is 16.3 Å². The number of oxazole rings is 1. The van der Waals surface area contributed by atoms with Gasteiger partial charge in [-0.2, -0.15) is 20.1 Å². The molecule has 0 aliphatic heterocycles. The Morgan fingerprint density at radius 1 is 1.20 bits per heavy atom. The van der Waals surface area contributed by atoms with E-state index in [2.05, 4.69) is 25.0 Å². The van der Waals surface area contributed by atoms with E-state index in [1.54, 1.807) is 18.5 Å². The molecule has 0 amide bonds. The van der Waals surface area contributed by atoms with Crippen LogP contribution in [0.4, 0.5) is 5.95 Å². The molecule has 3 rings (SSSR count). The van der Waals surface area contributed by atoms with E-state index in [9.17, 15) is 0 Å². The fourth-order valence-corrected chi connectivity index (χ4v) is 2.23. The number of aryl methyl sites for hydroxylation is 2. The van der Waals surface area contributed by atoms with Gasteiger partial charge in [-0.25, -0.2) is 9.67 Å². The third-order valence-electron chi connectivity index (χ3n) is 2.52. The Morgan fingerprint density at radius 2 is 2.05 bits per heavy atom. The van der Waals surface area contributed by atoms with Gasteiger partial charge in [0.2, 0.25) is 11.1 Å². The van der Waals surface area contributed by atoms with Crippen molar-refractivity contribution < 1.29 is 4.42 Å². The van der Waals surface area contributed by atoms with Crippen LogP contribution in [-0.2, 0) is 0 Å². The molecule has 0 bridgehead atoms. The number of nitrogens with two attached hydrogens (primary N) is 1. The molecule has 0 atom stereocenters. The predicted molar refractivity (Wildman–Crippen MR) is 71.5 cm³/mol. The van der Waals surface area contributed by atoms with Crippen molar-refractivity contribution >= 4 is 17.7 Å². The van der Waals surface area contributed by atoms with Crippen LogP contribution in [0.2, 0.25) is 0 Å². The summed E-state index contributed by atoms with van der Waals surface area (Å²) in [7, 11) is 0. The number of aromatic nitrogens is 6. The zero-order valence-corrected chi connectivity index (χ0v) is 11.6. The second-order valence-electron chi connectivity index (χ2n) is 3.95. The molecule has 0 saturated heterocycles. The first-order chi connectivity index (χ1) is 9.61. The largest absolute Gasteiger partial charge is 0.436 e. The van der Waals surface area contributed by atoms with Crippen LogP contribution in [0.15, 0.2) is 33.3 Å². The fourth-order valence-electron chi connectivity index (χ4n) is 1.46. The SMILES string of the molecule is Cc1nc(Sc2nc(N)nc(-n3cccn3)n2)oc1C. The lowest BCUT2D eigenvalue weighted by atomic mass is 10.4. The Kier molecular flexibility index (Phi) is 3.11. The highest BCUT2D eigenvalue weighted by Gasteiger charge is 2.12. The molecule has 0 aromatic carbocycles. The summed E-state index contributed by atoms with van der Waals surface area (Å²) in [5, 5.41) is 4.93. The third kappa shape index (κ3) is 2.48. The molecule has 0 unspecified atom stereocenters. The highest BCUT2D eigenvalue weighted by atomic mass is 32.2. The standard InChI is InChI=1S/C11H11N7OS/c1-6-7(2)19-11(14-6)20-10-16-8(12)15-9(17-10)18-5-3-4-13-18/h3-5H,1-2H3,(H2,12,15,16,17). The normalized spacial score (nSPS) is 10.9. The van der Waals surface area contributed by atoms with Crippen LogP contribution in [0.1, 0.15) is 11.5 Å². The van der Waals surface area contributed by atoms with Gasteiger partial charge in [0.1, 0.15) is 5.76 Å². The smallest absolute Gasteiger partial charge is 0.264 e. The number of hydrogen-bond acceptors (Lipinski definition) is 8. The quantitative estimate of drug-likeness (QED) is 0.770. The minimum atomic E-state index is 0.119. The van der Waals surface area contributed by atoms with Crippen molar-refractivity contribution in [3.8, 4) is 5.95 Å². The van der Waals surface area contributed by atoms with Crippen molar-refractivity contribution in [1.29, 1.82) is 0 Å². The van der Waals surface area contributed by atoms with Gasteiger partial charge in [-0.05, 0) is 19.9 Å². The third-order valence-corrected chi connectivity index (χ3v) is 3.23. The van der Waals surface area contributed by atoms with E-state index < -0.39 is 0 Å². The van der Waals surface area contributed by atoms with Crippen LogP contribution in [0, 0.1) is 13.8 Å². The molecule has 3 heterocycles. The number of hydrogen-bond donors (Lipinski definition) is 1. The monoisotopic (exact) mass is 289 g/mol. The molecule has 8 nitrogen and oxygen atoms in total. The van der Waals surface area contributed by atoms with Crippen molar-refractivity contribution in [2.75, 3.05) is 5.73 Å². The molecule has 3 aromatic heterocycles. The molecule has 102 valence electrons. The van der Waals surface area contributed by atoms with E-state index in [1.807, 2.05) is 13.8 Å². The first kappa shape index (κ1) is 12.6. The maximum absolute atomic E-state index is 5.69. The van der Waals surface area contributed by atoms with Crippen LogP contribution < -0.4 is 5.73 Å². The van der Waals surface area contributed by atoms with Gasteiger partial charge in [0.25, 0.3) is 11.2 Å². The van der Waals surface area contributed by atoms with Gasteiger partial charge in [0.05, 0.1) is 5.69 Å². The summed E-state index contributed by atoms with van der Waals surface area (Å²) in [6, 6.07) is 1.77. The predicted octanol–water partition coefficient (Wildman–Crippen LogP) is 1.40. The lowest BCUT2D eigenvalue weighted by molar-refractivity contribution is 0.430. The molecule has 0 aliphatic rings. The average molecular weight is 289 g/mol. The summed E-state index contributed by atoms with van der Waals surface area (Å²) in [5.74, 6) is 1.24. The molecule has 2 N–H and O–H groups in total. The van der Waals surface area contributed by atoms with Crippen molar-refractivity contribution in [2.45, 2.75) is 24.2 Å². The van der Waals surface area contributed by atoms with Gasteiger partial charge in [-0.1, -0.05) is 0 Å². The van der Waals surface area contributed by atoms with Crippen LogP contribution >= 0.6 is 11.8 Å². The van der Waals surface area contributed by atoms with Crippen molar-refractivity contribution in [2.24, 2.45) is 0 Å². The van der Waals surface area contributed by atoms with Gasteiger partial charge in [-0.3, -0.25) is 0 Å². The lowest BCUT2D eigenvalue weighted by Crippen LogP contribution is -2.07. The summed E-state index contributed by atoms with van der Waals surface area (Å²) in [4.78, 5) is 16.6. The van der Waals surface area contributed by atoms with Crippen LogP contribution in [0.5, 0.6) is 0 Å². The summed E-state index contributed by atoms with van der Waals surface area (Å²) in [6.07, 6.45) is 3.36. The second-order valence-corrected chi connectivity index (χ2v) is 4.87. The van der Waals surface area contributed by atoms with Gasteiger partial charge >= 0.3 is 0 Å². The van der Waals surface area contributed by atoms with Crippen LogP contribution in [0.3, 0.4) is 0 Å². The van der Waals surface area contributed by atoms with Gasteiger partial charge < -0.3 is 10.2 Å². The maximum Gasteiger partial charge on any atom is 0.264 e. The Hall–Kier alpha value is -2.42. The molecule has 0 radical (unpaired) electrons. The summed E-state index contributed by atoms with van der Waals surface area (Å²) in [6.45, 7) is 3.73. The number of anilines is 1. The lowest BCUT2D eigenvalue weighted by Gasteiger charge is -2.02. The Balaban J connectivity index is 1.94. The number of nitrogen functional groups attached to an aromatic ring is 1. The Morgan fingerprint density at radius 3 is 2.70 bits per heavy atom. The van der Waals surface area contributed by atoms with E-state index in [-0.39, 0.29) is 5.95 Å². The second kappa shape index (κ2) is 4.93. The topological polar surface area (TPSA) is 109 Å². The van der Waals surface area contributed by atoms with Gasteiger partial charge in [0, 0.05) is 24.2 Å². The summed E-state index contributed by atoms with van der Waals surface area (Å²) >= 11 is 1.19.